The van der Waals surface area contributed by atoms with Crippen LogP contribution in [0.3, 0.4) is 0 Å². The lowest BCUT2D eigenvalue weighted by Gasteiger charge is -2.14. The van der Waals surface area contributed by atoms with E-state index in [2.05, 4.69) is 25.6 Å². The molecule has 0 saturated carbocycles. The Balaban J connectivity index is 2.14. The summed E-state index contributed by atoms with van der Waals surface area (Å²) in [7, 11) is -6.15. The van der Waals surface area contributed by atoms with Crippen LogP contribution in [-0.4, -0.2) is 39.5 Å². The van der Waals surface area contributed by atoms with Gasteiger partial charge in [-0.2, -0.15) is 8.42 Å². The van der Waals surface area contributed by atoms with Gasteiger partial charge in [0.1, 0.15) is 11.5 Å². The van der Waals surface area contributed by atoms with E-state index in [0.717, 1.165) is 0 Å². The number of pyridine rings is 1. The minimum atomic E-state index is -4.08. The maximum absolute atomic E-state index is 12.7. The molecule has 0 aliphatic rings. The largest absolute Gasteiger partial charge is 0.506 e. The predicted molar refractivity (Wildman–Crippen MR) is 107 cm³/mol. The number of anilines is 1. The zero-order chi connectivity index (χ0) is 20.5. The highest BCUT2D eigenvalue weighted by atomic mass is 79.9. The smallest absolute Gasteiger partial charge is 0.316 e. The zero-order valence-electron chi connectivity index (χ0n) is 14.0. The highest BCUT2D eigenvalue weighted by Gasteiger charge is 2.22. The molecule has 3 rings (SSSR count). The third kappa shape index (κ3) is 4.16. The van der Waals surface area contributed by atoms with E-state index in [1.54, 1.807) is 18.2 Å². The van der Waals surface area contributed by atoms with Crippen molar-refractivity contribution in [1.82, 2.24) is 4.98 Å². The first-order valence-electron chi connectivity index (χ1n) is 7.68. The molecule has 0 fully saturated rings. The van der Waals surface area contributed by atoms with Crippen LogP contribution in [0.25, 0.3) is 10.8 Å². The Morgan fingerprint density at radius 2 is 1.86 bits per heavy atom. The van der Waals surface area contributed by atoms with Crippen molar-refractivity contribution in [2.45, 2.75) is 9.92 Å². The molecule has 0 radical (unpaired) electrons. The van der Waals surface area contributed by atoms with E-state index in [0.29, 0.717) is 9.86 Å². The topological polar surface area (TPSA) is 134 Å². The first-order chi connectivity index (χ1) is 13.2. The van der Waals surface area contributed by atoms with Gasteiger partial charge in [-0.3, -0.25) is 13.7 Å². The summed E-state index contributed by atoms with van der Waals surface area (Å²) in [5.74, 6) is -2.40. The van der Waals surface area contributed by atoms with E-state index in [-0.39, 0.29) is 26.7 Å². The van der Waals surface area contributed by atoms with E-state index in [4.69, 9.17) is 5.11 Å². The quantitative estimate of drug-likeness (QED) is 0.457. The van der Waals surface area contributed by atoms with Gasteiger partial charge in [0, 0.05) is 21.4 Å². The van der Waals surface area contributed by atoms with E-state index < -0.39 is 32.5 Å². The van der Waals surface area contributed by atoms with Crippen molar-refractivity contribution >= 4 is 59.2 Å². The second kappa shape index (κ2) is 7.86. The maximum Gasteiger partial charge on any atom is 0.316 e. The van der Waals surface area contributed by atoms with E-state index in [1.807, 2.05) is 0 Å². The molecule has 1 heterocycles. The minimum absolute atomic E-state index is 0.0480. The molecule has 1 aromatic heterocycles. The van der Waals surface area contributed by atoms with Gasteiger partial charge in [-0.05, 0) is 34.1 Å². The van der Waals surface area contributed by atoms with Gasteiger partial charge in [-0.15, -0.1) is 0 Å². The third-order valence-electron chi connectivity index (χ3n) is 3.70. The van der Waals surface area contributed by atoms with E-state index in [1.165, 1.54) is 30.5 Å². The van der Waals surface area contributed by atoms with Crippen LogP contribution in [0, 0.1) is 0 Å². The third-order valence-corrected chi connectivity index (χ3v) is 6.76. The van der Waals surface area contributed by atoms with Crippen LogP contribution in [0.4, 0.5) is 5.69 Å². The van der Waals surface area contributed by atoms with Gasteiger partial charge < -0.3 is 10.2 Å². The monoisotopic (exact) mass is 484 g/mol. The fourth-order valence-electron chi connectivity index (χ4n) is 2.50. The van der Waals surface area contributed by atoms with Crippen molar-refractivity contribution in [2.75, 3.05) is 10.5 Å². The summed E-state index contributed by atoms with van der Waals surface area (Å²) in [5.41, 5.74) is 0.0480. The molecule has 1 unspecified atom stereocenters. The summed E-state index contributed by atoms with van der Waals surface area (Å²) in [6.07, 6.45) is 1.33. The molecular weight excluding hydrogens is 472 g/mol. The molecule has 0 bridgehead atoms. The number of carbonyl (C=O) groups is 1. The Kier molecular flexibility index (Phi) is 5.68. The van der Waals surface area contributed by atoms with Gasteiger partial charge in [-0.25, -0.2) is 4.98 Å². The standard InChI is InChI=1S/C17H13BrN2O6S2/c18-10-5-6-15(19-8-10)28(25,26)20-13-7-14(27(24)9-16(21)22)17(23)12-4-2-1-3-11(12)13/h1-8,20,23H,9H2,(H,21,22). The number of fused-ring (bicyclic) bond motifs is 1. The normalized spacial score (nSPS) is 12.6. The second-order valence-electron chi connectivity index (χ2n) is 5.62. The van der Waals surface area contributed by atoms with E-state index in [9.17, 15) is 22.5 Å². The molecule has 11 heteroatoms. The molecule has 1 atom stereocenters. The predicted octanol–water partition coefficient (Wildman–Crippen LogP) is 2.70. The number of carboxylic acid groups (broad SMARTS) is 1. The molecule has 2 aromatic carbocycles. The van der Waals surface area contributed by atoms with Crippen molar-refractivity contribution in [2.24, 2.45) is 0 Å². The average molecular weight is 485 g/mol. The number of benzene rings is 2. The molecule has 146 valence electrons. The first-order valence-corrected chi connectivity index (χ1v) is 11.3. The molecule has 3 N–H and O–H groups in total. The summed E-state index contributed by atoms with van der Waals surface area (Å²) in [6, 6.07) is 10.3. The molecule has 0 spiro atoms. The van der Waals surface area contributed by atoms with Crippen LogP contribution >= 0.6 is 15.9 Å². The van der Waals surface area contributed by atoms with Gasteiger partial charge in [0.15, 0.2) is 5.03 Å². The van der Waals surface area contributed by atoms with Crippen LogP contribution in [0.2, 0.25) is 0 Å². The number of halogens is 1. The molecule has 3 aromatic rings. The molecule has 0 saturated heterocycles. The Morgan fingerprint density at radius 3 is 2.46 bits per heavy atom. The number of phenolic OH excluding ortho intramolecular Hbond substituents is 1. The van der Waals surface area contributed by atoms with Crippen LogP contribution in [-0.2, 0) is 25.6 Å². The number of sulfonamides is 1. The van der Waals surface area contributed by atoms with Crippen LogP contribution < -0.4 is 4.72 Å². The van der Waals surface area contributed by atoms with Crippen LogP contribution in [0.1, 0.15) is 0 Å². The summed E-state index contributed by atoms with van der Waals surface area (Å²) < 4.78 is 40.7. The summed E-state index contributed by atoms with van der Waals surface area (Å²) in [4.78, 5) is 14.6. The van der Waals surface area contributed by atoms with E-state index >= 15 is 0 Å². The molecule has 0 aliphatic carbocycles. The molecule has 0 aliphatic heterocycles. The number of rotatable bonds is 6. The number of aromatic nitrogens is 1. The van der Waals surface area contributed by atoms with Gasteiger partial charge in [0.2, 0.25) is 0 Å². The van der Waals surface area contributed by atoms with Gasteiger partial charge in [0.25, 0.3) is 10.0 Å². The number of hydrogen-bond acceptors (Lipinski definition) is 6. The number of nitrogens with one attached hydrogen (secondary N) is 1. The summed E-state index contributed by atoms with van der Waals surface area (Å²) >= 11 is 3.18. The maximum atomic E-state index is 12.7. The number of phenols is 1. The fourth-order valence-corrected chi connectivity index (χ4v) is 4.69. The Morgan fingerprint density at radius 1 is 1.18 bits per heavy atom. The average Bonchev–Trinajstić information content (AvgIpc) is 2.63. The van der Waals surface area contributed by atoms with Crippen LogP contribution in [0.5, 0.6) is 5.75 Å². The van der Waals surface area contributed by atoms with Crippen molar-refractivity contribution in [1.29, 1.82) is 0 Å². The lowest BCUT2D eigenvalue weighted by molar-refractivity contribution is -0.133. The lowest BCUT2D eigenvalue weighted by Crippen LogP contribution is -2.15. The van der Waals surface area contributed by atoms with Crippen molar-refractivity contribution in [3.8, 4) is 5.75 Å². The fraction of sp³-hybridized carbons (Fsp3) is 0.0588. The second-order valence-corrected chi connectivity index (χ2v) is 9.58. The van der Waals surface area contributed by atoms with Gasteiger partial charge in [0.05, 0.1) is 21.4 Å². The SMILES string of the molecule is O=C(O)CS(=O)c1cc(NS(=O)(=O)c2ccc(Br)cn2)c2ccccc2c1O. The molecule has 0 amide bonds. The number of carboxylic acids is 1. The van der Waals surface area contributed by atoms with Gasteiger partial charge >= 0.3 is 5.97 Å². The highest BCUT2D eigenvalue weighted by Crippen LogP contribution is 2.37. The highest BCUT2D eigenvalue weighted by molar-refractivity contribution is 9.10. The summed E-state index contributed by atoms with van der Waals surface area (Å²) in [6.45, 7) is 0. The van der Waals surface area contributed by atoms with Crippen LogP contribution in [0.15, 0.2) is 63.1 Å². The Hall–Kier alpha value is -2.50. The molecule has 8 nitrogen and oxygen atoms in total. The van der Waals surface area contributed by atoms with Crippen molar-refractivity contribution < 1.29 is 27.6 Å². The number of aromatic hydroxyl groups is 1. The number of aliphatic carboxylic acids is 1. The summed E-state index contributed by atoms with van der Waals surface area (Å²) in [5, 5.41) is 19.7. The Labute approximate surface area is 170 Å². The van der Waals surface area contributed by atoms with Gasteiger partial charge in [-0.1, -0.05) is 24.3 Å². The lowest BCUT2D eigenvalue weighted by atomic mass is 10.1. The first kappa shape index (κ1) is 20.2. The zero-order valence-corrected chi connectivity index (χ0v) is 17.2. The molecular formula is C17H13BrN2O6S2. The number of nitrogens with zero attached hydrogens (tertiary/aromatic N) is 1. The Bertz CT molecular complexity index is 1200. The minimum Gasteiger partial charge on any atom is -0.506 e. The number of hydrogen-bond donors (Lipinski definition) is 3. The van der Waals surface area contributed by atoms with Crippen molar-refractivity contribution in [3.05, 3.63) is 53.1 Å². The van der Waals surface area contributed by atoms with Crippen molar-refractivity contribution in [3.63, 3.8) is 0 Å². The molecule has 28 heavy (non-hydrogen) atoms.